The lowest BCUT2D eigenvalue weighted by Gasteiger charge is -2.08. The molecular weight excluding hydrogens is 269 g/mol. The van der Waals surface area contributed by atoms with E-state index in [2.05, 4.69) is 15.3 Å². The zero-order valence-electron chi connectivity index (χ0n) is 11.7. The fraction of sp³-hybridized carbons (Fsp3) is 0.667. The normalized spacial score (nSPS) is 10.6. The summed E-state index contributed by atoms with van der Waals surface area (Å²) in [6.07, 6.45) is 1.05. The minimum Gasteiger partial charge on any atom is -0.473 e. The molecule has 20 heavy (non-hydrogen) atoms. The standard InChI is InChI=1S/C12H20FN3O4/c1-14-12-15-9-10(13)11(16-12)20-8-7-19-6-5-18-4-3-17-2/h9H,3-8H2,1-2H3,(H,14,15,16). The number of halogens is 1. The smallest absolute Gasteiger partial charge is 0.255 e. The van der Waals surface area contributed by atoms with Gasteiger partial charge in [-0.25, -0.2) is 4.98 Å². The van der Waals surface area contributed by atoms with E-state index in [0.29, 0.717) is 39.0 Å². The third-order valence-electron chi connectivity index (χ3n) is 2.21. The van der Waals surface area contributed by atoms with Gasteiger partial charge in [0.1, 0.15) is 6.61 Å². The van der Waals surface area contributed by atoms with Crippen LogP contribution in [-0.4, -0.2) is 63.8 Å². The number of anilines is 1. The minimum atomic E-state index is -0.605. The zero-order chi connectivity index (χ0) is 14.6. The topological polar surface area (TPSA) is 74.7 Å². The van der Waals surface area contributed by atoms with Crippen LogP contribution in [-0.2, 0) is 14.2 Å². The van der Waals surface area contributed by atoms with Gasteiger partial charge < -0.3 is 24.3 Å². The molecule has 0 fully saturated rings. The molecule has 1 rings (SSSR count). The molecule has 0 radical (unpaired) electrons. The van der Waals surface area contributed by atoms with Crippen LogP contribution in [0.15, 0.2) is 6.20 Å². The molecule has 0 amide bonds. The van der Waals surface area contributed by atoms with Crippen molar-refractivity contribution in [2.75, 3.05) is 59.1 Å². The van der Waals surface area contributed by atoms with Crippen molar-refractivity contribution < 1.29 is 23.3 Å². The molecule has 0 aliphatic carbocycles. The highest BCUT2D eigenvalue weighted by Gasteiger charge is 2.07. The van der Waals surface area contributed by atoms with Crippen molar-refractivity contribution in [3.05, 3.63) is 12.0 Å². The van der Waals surface area contributed by atoms with E-state index in [1.807, 2.05) is 0 Å². The molecule has 0 unspecified atom stereocenters. The number of hydrogen-bond acceptors (Lipinski definition) is 7. The van der Waals surface area contributed by atoms with Gasteiger partial charge in [-0.3, -0.25) is 0 Å². The van der Waals surface area contributed by atoms with Gasteiger partial charge in [-0.05, 0) is 0 Å². The van der Waals surface area contributed by atoms with Crippen LogP contribution in [0.2, 0.25) is 0 Å². The summed E-state index contributed by atoms with van der Waals surface area (Å²) in [4.78, 5) is 7.56. The van der Waals surface area contributed by atoms with Gasteiger partial charge in [-0.2, -0.15) is 9.37 Å². The minimum absolute atomic E-state index is 0.0932. The largest absolute Gasteiger partial charge is 0.473 e. The summed E-state index contributed by atoms with van der Waals surface area (Å²) in [5.41, 5.74) is 0. The van der Waals surface area contributed by atoms with Crippen molar-refractivity contribution in [2.24, 2.45) is 0 Å². The second-order valence-corrected chi connectivity index (χ2v) is 3.66. The number of hydrogen-bond donors (Lipinski definition) is 1. The Morgan fingerprint density at radius 2 is 1.75 bits per heavy atom. The Morgan fingerprint density at radius 1 is 1.10 bits per heavy atom. The quantitative estimate of drug-likeness (QED) is 0.601. The summed E-state index contributed by atoms with van der Waals surface area (Å²) < 4.78 is 33.8. The van der Waals surface area contributed by atoms with Crippen LogP contribution in [0.1, 0.15) is 0 Å². The highest BCUT2D eigenvalue weighted by atomic mass is 19.1. The Bertz CT molecular complexity index is 382. The van der Waals surface area contributed by atoms with Crippen LogP contribution < -0.4 is 10.1 Å². The van der Waals surface area contributed by atoms with E-state index in [-0.39, 0.29) is 12.5 Å². The van der Waals surface area contributed by atoms with Crippen molar-refractivity contribution in [2.45, 2.75) is 0 Å². The zero-order valence-corrected chi connectivity index (χ0v) is 11.7. The first kappa shape index (κ1) is 16.5. The average molecular weight is 289 g/mol. The van der Waals surface area contributed by atoms with Crippen LogP contribution in [0.25, 0.3) is 0 Å². The van der Waals surface area contributed by atoms with E-state index in [9.17, 15) is 4.39 Å². The highest BCUT2D eigenvalue weighted by Crippen LogP contribution is 2.13. The fourth-order valence-corrected chi connectivity index (χ4v) is 1.23. The van der Waals surface area contributed by atoms with E-state index in [0.717, 1.165) is 6.20 Å². The van der Waals surface area contributed by atoms with Gasteiger partial charge in [-0.15, -0.1) is 0 Å². The van der Waals surface area contributed by atoms with Gasteiger partial charge >= 0.3 is 0 Å². The molecule has 1 heterocycles. The molecule has 0 saturated carbocycles. The molecular formula is C12H20FN3O4. The molecule has 8 heteroatoms. The molecule has 0 saturated heterocycles. The lowest BCUT2D eigenvalue weighted by molar-refractivity contribution is 0.0173. The van der Waals surface area contributed by atoms with Crippen molar-refractivity contribution in [1.82, 2.24) is 9.97 Å². The monoisotopic (exact) mass is 289 g/mol. The number of methoxy groups -OCH3 is 1. The maximum atomic E-state index is 13.3. The van der Waals surface area contributed by atoms with Crippen LogP contribution in [0.3, 0.4) is 0 Å². The number of rotatable bonds is 11. The highest BCUT2D eigenvalue weighted by molar-refractivity contribution is 5.27. The SMILES string of the molecule is CNc1ncc(F)c(OCCOCCOCCOC)n1. The molecule has 0 spiro atoms. The third kappa shape index (κ3) is 6.60. The summed E-state index contributed by atoms with van der Waals surface area (Å²) in [6, 6.07) is 0. The van der Waals surface area contributed by atoms with Gasteiger partial charge in [0.15, 0.2) is 0 Å². The first-order chi connectivity index (χ1) is 9.77. The maximum absolute atomic E-state index is 13.3. The second-order valence-electron chi connectivity index (χ2n) is 3.66. The molecule has 0 atom stereocenters. The second kappa shape index (κ2) is 10.3. The molecule has 1 N–H and O–H groups in total. The Labute approximate surface area is 117 Å². The Kier molecular flexibility index (Phi) is 8.52. The van der Waals surface area contributed by atoms with Crippen molar-refractivity contribution in [1.29, 1.82) is 0 Å². The summed E-state index contributed by atoms with van der Waals surface area (Å²) >= 11 is 0. The molecule has 0 aliphatic rings. The molecule has 7 nitrogen and oxygen atoms in total. The number of ether oxygens (including phenoxy) is 4. The van der Waals surface area contributed by atoms with Crippen molar-refractivity contribution >= 4 is 5.95 Å². The molecule has 1 aromatic heterocycles. The van der Waals surface area contributed by atoms with Gasteiger partial charge in [0, 0.05) is 14.2 Å². The third-order valence-corrected chi connectivity index (χ3v) is 2.21. The fourth-order valence-electron chi connectivity index (χ4n) is 1.23. The van der Waals surface area contributed by atoms with E-state index >= 15 is 0 Å². The first-order valence-electron chi connectivity index (χ1n) is 6.25. The van der Waals surface area contributed by atoms with Crippen LogP contribution in [0.5, 0.6) is 5.88 Å². The van der Waals surface area contributed by atoms with Gasteiger partial charge in [-0.1, -0.05) is 0 Å². The Balaban J connectivity index is 2.09. The van der Waals surface area contributed by atoms with Gasteiger partial charge in [0.2, 0.25) is 11.8 Å². The molecule has 1 aromatic rings. The number of aromatic nitrogens is 2. The molecule has 0 aromatic carbocycles. The lowest BCUT2D eigenvalue weighted by Crippen LogP contribution is -2.13. The van der Waals surface area contributed by atoms with E-state index in [4.69, 9.17) is 18.9 Å². The molecule has 0 bridgehead atoms. The first-order valence-corrected chi connectivity index (χ1v) is 6.25. The van der Waals surface area contributed by atoms with Crippen LogP contribution >= 0.6 is 0 Å². The summed E-state index contributed by atoms with van der Waals surface area (Å²) in [5, 5.41) is 2.70. The Morgan fingerprint density at radius 3 is 2.40 bits per heavy atom. The van der Waals surface area contributed by atoms with Crippen LogP contribution in [0.4, 0.5) is 10.3 Å². The lowest BCUT2D eigenvalue weighted by atomic mass is 10.6. The average Bonchev–Trinajstić information content (AvgIpc) is 2.47. The predicted molar refractivity (Wildman–Crippen MR) is 70.5 cm³/mol. The summed E-state index contributed by atoms with van der Waals surface area (Å²) in [5.74, 6) is -0.398. The predicted octanol–water partition coefficient (Wildman–Crippen LogP) is 0.716. The van der Waals surface area contributed by atoms with E-state index in [1.54, 1.807) is 14.2 Å². The number of nitrogens with one attached hydrogen (secondary N) is 1. The van der Waals surface area contributed by atoms with Gasteiger partial charge in [0.05, 0.1) is 39.2 Å². The maximum Gasteiger partial charge on any atom is 0.255 e. The summed E-state index contributed by atoms with van der Waals surface area (Å²) in [6.45, 7) is 2.55. The molecule has 114 valence electrons. The van der Waals surface area contributed by atoms with Gasteiger partial charge in [0.25, 0.3) is 5.88 Å². The Hall–Kier alpha value is -1.51. The van der Waals surface area contributed by atoms with Crippen molar-refractivity contribution in [3.63, 3.8) is 0 Å². The van der Waals surface area contributed by atoms with E-state index < -0.39 is 5.82 Å². The van der Waals surface area contributed by atoms with Crippen LogP contribution in [0, 0.1) is 5.82 Å². The van der Waals surface area contributed by atoms with E-state index in [1.165, 1.54) is 0 Å². The van der Waals surface area contributed by atoms with Crippen molar-refractivity contribution in [3.8, 4) is 5.88 Å². The summed E-state index contributed by atoms with van der Waals surface area (Å²) in [7, 11) is 3.26. The number of nitrogens with zero attached hydrogens (tertiary/aromatic N) is 2. The molecule has 0 aliphatic heterocycles.